The monoisotopic (exact) mass is 220 g/mol. The molecular formula is C11H12N2O3. The molecule has 0 amide bonds. The Morgan fingerprint density at radius 2 is 2.31 bits per heavy atom. The highest BCUT2D eigenvalue weighted by molar-refractivity contribution is 5.56. The van der Waals surface area contributed by atoms with Crippen LogP contribution in [-0.2, 0) is 0 Å². The largest absolute Gasteiger partial charge is 0.492 e. The van der Waals surface area contributed by atoms with Crippen LogP contribution in [0.3, 0.4) is 0 Å². The van der Waals surface area contributed by atoms with E-state index in [1.807, 2.05) is 6.92 Å². The van der Waals surface area contributed by atoms with Crippen molar-refractivity contribution in [3.05, 3.63) is 33.9 Å². The zero-order valence-corrected chi connectivity index (χ0v) is 8.97. The molecule has 0 N–H and O–H groups in total. The molecule has 1 rings (SSSR count). The number of nitriles is 1. The van der Waals surface area contributed by atoms with Crippen molar-refractivity contribution in [3.8, 4) is 11.8 Å². The standard InChI is InChI=1S/C11H12N2O3/c1-2-3-7-16-11-6-4-5-10(13(14)15)9(11)8-12/h4-6H,2-3,7H2,1H3. The quantitative estimate of drug-likeness (QED) is 0.434. The van der Waals surface area contributed by atoms with E-state index < -0.39 is 4.92 Å². The molecule has 0 saturated heterocycles. The summed E-state index contributed by atoms with van der Waals surface area (Å²) in [7, 11) is 0. The third-order valence-corrected chi connectivity index (χ3v) is 2.07. The third kappa shape index (κ3) is 2.70. The average molecular weight is 220 g/mol. The number of nitro benzene ring substituents is 1. The molecule has 0 unspecified atom stereocenters. The molecule has 0 aromatic heterocycles. The third-order valence-electron chi connectivity index (χ3n) is 2.07. The minimum atomic E-state index is -0.578. The molecule has 5 heteroatoms. The molecule has 0 spiro atoms. The van der Waals surface area contributed by atoms with E-state index in [2.05, 4.69) is 0 Å². The van der Waals surface area contributed by atoms with Gasteiger partial charge in [0.2, 0.25) is 0 Å². The minimum absolute atomic E-state index is 0.0106. The summed E-state index contributed by atoms with van der Waals surface area (Å²) < 4.78 is 5.33. The second-order valence-corrected chi connectivity index (χ2v) is 3.22. The molecule has 0 fully saturated rings. The molecule has 0 bridgehead atoms. The predicted molar refractivity (Wildman–Crippen MR) is 58.2 cm³/mol. The second kappa shape index (κ2) is 5.71. The van der Waals surface area contributed by atoms with Crippen LogP contribution in [0.5, 0.6) is 5.75 Å². The maximum Gasteiger partial charge on any atom is 0.290 e. The van der Waals surface area contributed by atoms with Crippen LogP contribution < -0.4 is 4.74 Å². The van der Waals surface area contributed by atoms with Gasteiger partial charge in [-0.15, -0.1) is 0 Å². The SMILES string of the molecule is CCCCOc1cccc([N+](=O)[O-])c1C#N. The summed E-state index contributed by atoms with van der Waals surface area (Å²) in [6, 6.07) is 6.19. The van der Waals surface area contributed by atoms with Crippen molar-refractivity contribution in [3.63, 3.8) is 0 Å². The lowest BCUT2D eigenvalue weighted by Crippen LogP contribution is -2.00. The van der Waals surface area contributed by atoms with Gasteiger partial charge in [-0.1, -0.05) is 19.4 Å². The van der Waals surface area contributed by atoms with Crippen molar-refractivity contribution in [1.29, 1.82) is 5.26 Å². The predicted octanol–water partition coefficient (Wildman–Crippen LogP) is 2.65. The molecule has 0 heterocycles. The second-order valence-electron chi connectivity index (χ2n) is 3.22. The smallest absolute Gasteiger partial charge is 0.290 e. The topological polar surface area (TPSA) is 76.2 Å². The molecule has 0 radical (unpaired) electrons. The molecular weight excluding hydrogens is 208 g/mol. The van der Waals surface area contributed by atoms with Gasteiger partial charge >= 0.3 is 0 Å². The molecule has 0 atom stereocenters. The number of hydrogen-bond acceptors (Lipinski definition) is 4. The van der Waals surface area contributed by atoms with E-state index >= 15 is 0 Å². The first-order valence-corrected chi connectivity index (χ1v) is 5.01. The Labute approximate surface area is 93.4 Å². The summed E-state index contributed by atoms with van der Waals surface area (Å²) >= 11 is 0. The number of nitro groups is 1. The summed E-state index contributed by atoms with van der Waals surface area (Å²) in [6.07, 6.45) is 1.82. The van der Waals surface area contributed by atoms with Gasteiger partial charge < -0.3 is 4.74 Å². The van der Waals surface area contributed by atoms with E-state index in [-0.39, 0.29) is 17.0 Å². The van der Waals surface area contributed by atoms with Gasteiger partial charge in [-0.3, -0.25) is 10.1 Å². The Bertz CT molecular complexity index is 424. The Hall–Kier alpha value is -2.09. The summed E-state index contributed by atoms with van der Waals surface area (Å²) in [6.45, 7) is 2.48. The van der Waals surface area contributed by atoms with E-state index in [9.17, 15) is 10.1 Å². The molecule has 0 aliphatic carbocycles. The molecule has 0 aliphatic heterocycles. The summed E-state index contributed by atoms with van der Waals surface area (Å²) in [4.78, 5) is 10.1. The number of nitrogens with zero attached hydrogens (tertiary/aromatic N) is 2. The van der Waals surface area contributed by atoms with Crippen LogP contribution in [0.2, 0.25) is 0 Å². The van der Waals surface area contributed by atoms with Gasteiger partial charge in [-0.25, -0.2) is 0 Å². The van der Waals surface area contributed by atoms with E-state index in [0.29, 0.717) is 6.61 Å². The lowest BCUT2D eigenvalue weighted by molar-refractivity contribution is -0.385. The fraction of sp³-hybridized carbons (Fsp3) is 0.364. The van der Waals surface area contributed by atoms with Gasteiger partial charge in [0.15, 0.2) is 5.56 Å². The van der Waals surface area contributed by atoms with E-state index in [1.54, 1.807) is 12.1 Å². The normalized spacial score (nSPS) is 9.50. The fourth-order valence-electron chi connectivity index (χ4n) is 1.23. The van der Waals surface area contributed by atoms with Crippen molar-refractivity contribution < 1.29 is 9.66 Å². The first kappa shape index (κ1) is 12.0. The van der Waals surface area contributed by atoms with Crippen molar-refractivity contribution >= 4 is 5.69 Å². The lowest BCUT2D eigenvalue weighted by Gasteiger charge is -2.06. The molecule has 1 aromatic carbocycles. The molecule has 0 saturated carbocycles. The van der Waals surface area contributed by atoms with Crippen molar-refractivity contribution in [2.45, 2.75) is 19.8 Å². The highest BCUT2D eigenvalue weighted by Crippen LogP contribution is 2.27. The van der Waals surface area contributed by atoms with E-state index in [0.717, 1.165) is 12.8 Å². The highest BCUT2D eigenvalue weighted by Gasteiger charge is 2.17. The molecule has 16 heavy (non-hydrogen) atoms. The lowest BCUT2D eigenvalue weighted by atomic mass is 10.2. The van der Waals surface area contributed by atoms with Gasteiger partial charge in [-0.05, 0) is 12.5 Å². The van der Waals surface area contributed by atoms with Crippen molar-refractivity contribution in [2.24, 2.45) is 0 Å². The summed E-state index contributed by atoms with van der Waals surface area (Å²) in [5.74, 6) is 0.283. The first-order valence-electron chi connectivity index (χ1n) is 5.01. The van der Waals surface area contributed by atoms with Crippen LogP contribution in [-0.4, -0.2) is 11.5 Å². The fourth-order valence-corrected chi connectivity index (χ4v) is 1.23. The van der Waals surface area contributed by atoms with E-state index in [1.165, 1.54) is 12.1 Å². The van der Waals surface area contributed by atoms with Crippen LogP contribution in [0.15, 0.2) is 18.2 Å². The Morgan fingerprint density at radius 1 is 1.56 bits per heavy atom. The van der Waals surface area contributed by atoms with E-state index in [4.69, 9.17) is 10.00 Å². The number of unbranched alkanes of at least 4 members (excludes halogenated alkanes) is 1. The molecule has 1 aromatic rings. The van der Waals surface area contributed by atoms with Gasteiger partial charge in [-0.2, -0.15) is 5.26 Å². The van der Waals surface area contributed by atoms with Gasteiger partial charge in [0.25, 0.3) is 5.69 Å². The van der Waals surface area contributed by atoms with Crippen molar-refractivity contribution in [2.75, 3.05) is 6.61 Å². The van der Waals surface area contributed by atoms with Gasteiger partial charge in [0.05, 0.1) is 11.5 Å². The molecule has 84 valence electrons. The maximum atomic E-state index is 10.7. The Balaban J connectivity index is 2.96. The molecule has 0 aliphatic rings. The maximum absolute atomic E-state index is 10.7. The Morgan fingerprint density at radius 3 is 2.88 bits per heavy atom. The number of ether oxygens (including phenoxy) is 1. The summed E-state index contributed by atoms with van der Waals surface area (Å²) in [5.41, 5.74) is -0.222. The molecule has 5 nitrogen and oxygen atoms in total. The average Bonchev–Trinajstić information content (AvgIpc) is 2.29. The highest BCUT2D eigenvalue weighted by atomic mass is 16.6. The van der Waals surface area contributed by atoms with Gasteiger partial charge in [0, 0.05) is 6.07 Å². The number of rotatable bonds is 5. The first-order chi connectivity index (χ1) is 7.70. The summed E-state index contributed by atoms with van der Waals surface area (Å²) in [5, 5.41) is 19.5. The van der Waals surface area contributed by atoms with Crippen LogP contribution in [0.1, 0.15) is 25.3 Å². The van der Waals surface area contributed by atoms with Crippen LogP contribution >= 0.6 is 0 Å². The number of benzene rings is 1. The van der Waals surface area contributed by atoms with Crippen LogP contribution in [0.25, 0.3) is 0 Å². The van der Waals surface area contributed by atoms with Crippen LogP contribution in [0.4, 0.5) is 5.69 Å². The van der Waals surface area contributed by atoms with Crippen LogP contribution in [0, 0.1) is 21.4 Å². The zero-order valence-electron chi connectivity index (χ0n) is 8.97. The van der Waals surface area contributed by atoms with Crippen molar-refractivity contribution in [1.82, 2.24) is 0 Å². The number of hydrogen-bond donors (Lipinski definition) is 0. The zero-order chi connectivity index (χ0) is 12.0. The minimum Gasteiger partial charge on any atom is -0.492 e. The Kier molecular flexibility index (Phi) is 4.28. The van der Waals surface area contributed by atoms with Gasteiger partial charge in [0.1, 0.15) is 11.8 Å².